The lowest BCUT2D eigenvalue weighted by Crippen LogP contribution is -1.94. The maximum atomic E-state index is 2.36. The van der Waals surface area contributed by atoms with Crippen molar-refractivity contribution in [2.45, 2.75) is 0 Å². The highest BCUT2D eigenvalue weighted by Gasteiger charge is 2.13. The van der Waals surface area contributed by atoms with Crippen LogP contribution in [0.2, 0.25) is 0 Å². The fourth-order valence-electron chi connectivity index (χ4n) is 6.39. The number of hydrogen-bond donors (Lipinski definition) is 0. The highest BCUT2D eigenvalue weighted by molar-refractivity contribution is 6.10. The van der Waals surface area contributed by atoms with E-state index in [1.165, 1.54) is 66.1 Å². The van der Waals surface area contributed by atoms with Gasteiger partial charge in [0.1, 0.15) is 0 Å². The van der Waals surface area contributed by atoms with Gasteiger partial charge in [0, 0.05) is 32.9 Å². The molecule has 2 nitrogen and oxygen atoms in total. The Labute approximate surface area is 256 Å². The van der Waals surface area contributed by atoms with Crippen molar-refractivity contribution in [3.8, 4) is 22.5 Å². The second-order valence-corrected chi connectivity index (χ2v) is 11.0. The molecule has 0 saturated heterocycles. The topological polar surface area (TPSA) is 9.86 Å². The third kappa shape index (κ3) is 4.45. The molecule has 0 aliphatic rings. The number of nitrogens with zero attached hydrogens (tertiary/aromatic N) is 2. The summed E-state index contributed by atoms with van der Waals surface area (Å²) < 4.78 is 4.72. The summed E-state index contributed by atoms with van der Waals surface area (Å²) in [5.74, 6) is 0. The second kappa shape index (κ2) is 11.1. The van der Waals surface area contributed by atoms with Crippen molar-refractivity contribution < 1.29 is 0 Å². The molecule has 0 spiro atoms. The van der Waals surface area contributed by atoms with E-state index in [4.69, 9.17) is 0 Å². The van der Waals surface area contributed by atoms with E-state index in [0.29, 0.717) is 0 Å². The molecule has 0 unspecified atom stereocenters. The van der Waals surface area contributed by atoms with Gasteiger partial charge in [-0.3, -0.25) is 0 Å². The van der Waals surface area contributed by atoms with Gasteiger partial charge in [-0.15, -0.1) is 0 Å². The normalized spacial score (nSPS) is 11.2. The molecule has 0 fully saturated rings. The molecular weight excluding hydrogens is 532 g/mol. The fourth-order valence-corrected chi connectivity index (χ4v) is 6.39. The summed E-state index contributed by atoms with van der Waals surface area (Å²) in [6.45, 7) is 0. The molecule has 7 aromatic carbocycles. The minimum Gasteiger partial charge on any atom is -0.309 e. The Morgan fingerprint density at radius 3 is 0.750 bits per heavy atom. The summed E-state index contributed by atoms with van der Waals surface area (Å²) in [5, 5.41) is 5.14. The first kappa shape index (κ1) is 25.8. The number of fused-ring (bicyclic) bond motifs is 6. The molecule has 2 heterocycles. The summed E-state index contributed by atoms with van der Waals surface area (Å²) >= 11 is 0. The monoisotopic (exact) mass is 562 g/mol. The van der Waals surface area contributed by atoms with Crippen LogP contribution in [0.3, 0.4) is 0 Å². The zero-order valence-corrected chi connectivity index (χ0v) is 24.2. The number of benzene rings is 7. The van der Waals surface area contributed by atoms with Gasteiger partial charge in [0.25, 0.3) is 0 Å². The van der Waals surface area contributed by atoms with E-state index < -0.39 is 0 Å². The van der Waals surface area contributed by atoms with Crippen molar-refractivity contribution in [3.05, 3.63) is 182 Å². The number of para-hydroxylation sites is 4. The summed E-state index contributed by atoms with van der Waals surface area (Å²) in [7, 11) is 0. The van der Waals surface area contributed by atoms with Crippen LogP contribution >= 0.6 is 0 Å². The van der Waals surface area contributed by atoms with Crippen LogP contribution in [0.15, 0.2) is 182 Å². The highest BCUT2D eigenvalue weighted by Crippen LogP contribution is 2.34. The summed E-state index contributed by atoms with van der Waals surface area (Å²) in [5.41, 5.74) is 9.70. The van der Waals surface area contributed by atoms with Gasteiger partial charge in [0.05, 0.1) is 22.1 Å². The van der Waals surface area contributed by atoms with E-state index in [-0.39, 0.29) is 0 Å². The highest BCUT2D eigenvalue weighted by atomic mass is 15.0. The lowest BCUT2D eigenvalue weighted by Gasteiger charge is -2.11. The van der Waals surface area contributed by atoms with Crippen LogP contribution in [0.4, 0.5) is 0 Å². The third-order valence-electron chi connectivity index (χ3n) is 8.41. The number of aromatic nitrogens is 2. The number of rotatable bonds is 3. The van der Waals surface area contributed by atoms with Gasteiger partial charge in [-0.05, 0) is 59.7 Å². The molecule has 9 aromatic rings. The fraction of sp³-hybridized carbons (Fsp3) is 0. The summed E-state index contributed by atoms with van der Waals surface area (Å²) in [4.78, 5) is 0. The zero-order valence-electron chi connectivity index (χ0n) is 24.2. The molecule has 0 aliphatic heterocycles. The molecule has 2 heteroatoms. The van der Waals surface area contributed by atoms with Crippen molar-refractivity contribution in [1.82, 2.24) is 9.13 Å². The average Bonchev–Trinajstić information content (AvgIpc) is 3.63. The van der Waals surface area contributed by atoms with Gasteiger partial charge < -0.3 is 9.13 Å². The van der Waals surface area contributed by atoms with Crippen LogP contribution in [-0.2, 0) is 0 Å². The quantitative estimate of drug-likeness (QED) is 0.203. The number of hydrogen-bond acceptors (Lipinski definition) is 0. The predicted molar refractivity (Wildman–Crippen MR) is 187 cm³/mol. The molecule has 208 valence electrons. The van der Waals surface area contributed by atoms with Crippen LogP contribution in [0, 0.1) is 0 Å². The maximum absolute atomic E-state index is 2.36. The van der Waals surface area contributed by atoms with Gasteiger partial charge in [-0.2, -0.15) is 0 Å². The SMILES string of the molecule is c1ccc2c(c1)c1ccccc1n2-c1ccc(-c2ccc(-n3c4ccccc4c4ccccc43)cc2)cc1.c1ccccc1. The lowest BCUT2D eigenvalue weighted by molar-refractivity contribution is 1.18. The van der Waals surface area contributed by atoms with Crippen molar-refractivity contribution in [1.29, 1.82) is 0 Å². The van der Waals surface area contributed by atoms with E-state index in [1.54, 1.807) is 0 Å². The first-order valence-electron chi connectivity index (χ1n) is 15.0. The van der Waals surface area contributed by atoms with Crippen LogP contribution < -0.4 is 0 Å². The van der Waals surface area contributed by atoms with Crippen molar-refractivity contribution in [3.63, 3.8) is 0 Å². The van der Waals surface area contributed by atoms with Crippen molar-refractivity contribution >= 4 is 43.6 Å². The Morgan fingerprint density at radius 1 is 0.227 bits per heavy atom. The van der Waals surface area contributed by atoms with Crippen molar-refractivity contribution in [2.24, 2.45) is 0 Å². The molecule has 0 aliphatic carbocycles. The molecule has 44 heavy (non-hydrogen) atoms. The molecular formula is C42H30N2. The van der Waals surface area contributed by atoms with Crippen molar-refractivity contribution in [2.75, 3.05) is 0 Å². The Balaban J connectivity index is 0.000000434. The molecule has 9 rings (SSSR count). The van der Waals surface area contributed by atoms with E-state index in [2.05, 4.69) is 155 Å². The smallest absolute Gasteiger partial charge is 0.0541 e. The van der Waals surface area contributed by atoms with Gasteiger partial charge >= 0.3 is 0 Å². The van der Waals surface area contributed by atoms with Gasteiger partial charge in [-0.25, -0.2) is 0 Å². The molecule has 0 saturated carbocycles. The second-order valence-electron chi connectivity index (χ2n) is 11.0. The minimum atomic E-state index is 1.17. The molecule has 0 bridgehead atoms. The predicted octanol–water partition coefficient (Wildman–Crippen LogP) is 11.2. The van der Waals surface area contributed by atoms with Crippen LogP contribution in [0.5, 0.6) is 0 Å². The molecule has 2 aromatic heterocycles. The molecule has 0 radical (unpaired) electrons. The van der Waals surface area contributed by atoms with Crippen LogP contribution in [0.25, 0.3) is 66.1 Å². The third-order valence-corrected chi connectivity index (χ3v) is 8.41. The zero-order chi connectivity index (χ0) is 29.3. The van der Waals surface area contributed by atoms with Gasteiger partial charge in [-0.1, -0.05) is 133 Å². The van der Waals surface area contributed by atoms with Crippen LogP contribution in [-0.4, -0.2) is 9.13 Å². The molecule has 0 N–H and O–H groups in total. The first-order valence-corrected chi connectivity index (χ1v) is 15.0. The van der Waals surface area contributed by atoms with E-state index >= 15 is 0 Å². The Bertz CT molecular complexity index is 2070. The van der Waals surface area contributed by atoms with E-state index in [1.807, 2.05) is 36.4 Å². The largest absolute Gasteiger partial charge is 0.309 e. The summed E-state index contributed by atoms with van der Waals surface area (Å²) in [6.07, 6.45) is 0. The van der Waals surface area contributed by atoms with Gasteiger partial charge in [0.15, 0.2) is 0 Å². The standard InChI is InChI=1S/C36H24N2.C6H6/c1-5-13-33-29(9-1)30-10-2-6-14-34(30)37(33)27-21-17-25(18-22-27)26-19-23-28(24-20-26)38-35-15-7-3-11-31(35)32-12-4-8-16-36(32)38;1-2-4-6-5-3-1/h1-24H;1-6H. The lowest BCUT2D eigenvalue weighted by atomic mass is 10.0. The first-order chi connectivity index (χ1) is 21.9. The Kier molecular flexibility index (Phi) is 6.51. The van der Waals surface area contributed by atoms with Crippen LogP contribution in [0.1, 0.15) is 0 Å². The Hall–Kier alpha value is -5.86. The van der Waals surface area contributed by atoms with Gasteiger partial charge in [0.2, 0.25) is 0 Å². The average molecular weight is 563 g/mol. The Morgan fingerprint density at radius 2 is 0.477 bits per heavy atom. The molecule has 0 amide bonds. The van der Waals surface area contributed by atoms with E-state index in [0.717, 1.165) is 0 Å². The maximum Gasteiger partial charge on any atom is 0.0541 e. The summed E-state index contributed by atoms with van der Waals surface area (Å²) in [6, 6.07) is 64.4. The molecule has 0 atom stereocenters. The van der Waals surface area contributed by atoms with E-state index in [9.17, 15) is 0 Å². The minimum absolute atomic E-state index is 1.17.